The monoisotopic (exact) mass is 423 g/mol. The van der Waals surface area contributed by atoms with Crippen LogP contribution in [0, 0.1) is 17.1 Å². The summed E-state index contributed by atoms with van der Waals surface area (Å²) in [5.74, 6) is -4.97. The Hall–Kier alpha value is -3.57. The summed E-state index contributed by atoms with van der Waals surface area (Å²) in [5, 5.41) is 36.5. The number of rotatable bonds is 6. The van der Waals surface area contributed by atoms with Gasteiger partial charge in [0.2, 0.25) is 0 Å². The fourth-order valence-corrected chi connectivity index (χ4v) is 3.68. The molecule has 2 rings (SSSR count). The van der Waals surface area contributed by atoms with Crippen LogP contribution in [0.5, 0.6) is 0 Å². The number of aliphatic hydroxyl groups is 1. The van der Waals surface area contributed by atoms with Gasteiger partial charge in [0.25, 0.3) is 23.6 Å². The van der Waals surface area contributed by atoms with Crippen LogP contribution in [0.1, 0.15) is 23.1 Å². The molecule has 1 aromatic carbocycles. The Morgan fingerprint density at radius 2 is 1.90 bits per heavy atom. The second-order valence-corrected chi connectivity index (χ2v) is 7.86. The molecule has 0 unspecified atom stereocenters. The summed E-state index contributed by atoms with van der Waals surface area (Å²) < 4.78 is 39.0. The molecule has 3 N–H and O–H groups in total. The highest BCUT2D eigenvalue weighted by atomic mass is 32.2. The Bertz CT molecular complexity index is 1100. The average Bonchev–Trinajstić information content (AvgIpc) is 2.67. The molecule has 0 radical (unpaired) electrons. The highest BCUT2D eigenvalue weighted by Crippen LogP contribution is 2.20. The number of aromatic nitrogens is 4. The van der Waals surface area contributed by atoms with Crippen LogP contribution in [0.4, 0.5) is 10.3 Å². The van der Waals surface area contributed by atoms with Gasteiger partial charge in [-0.05, 0) is 25.1 Å². The first-order valence-corrected chi connectivity index (χ1v) is 9.41. The highest BCUT2D eigenvalue weighted by Gasteiger charge is 2.37. The molecule has 0 spiro atoms. The van der Waals surface area contributed by atoms with E-state index in [0.717, 1.165) is 19.1 Å². The third kappa shape index (κ3) is 5.03. The molecule has 1 heterocycles. The third-order valence-corrected chi connectivity index (χ3v) is 5.45. The van der Waals surface area contributed by atoms with Gasteiger partial charge in [-0.25, -0.2) is 12.8 Å². The first-order chi connectivity index (χ1) is 13.5. The first kappa shape index (κ1) is 21.7. The number of carbonyl (C=O) groups is 2. The topological polar surface area (TPSA) is 188 Å². The predicted molar refractivity (Wildman–Crippen MR) is 93.4 cm³/mol. The van der Waals surface area contributed by atoms with E-state index in [-0.39, 0.29) is 11.4 Å². The van der Waals surface area contributed by atoms with Crippen molar-refractivity contribution < 1.29 is 27.5 Å². The molecule has 0 saturated carbocycles. The number of sulfone groups is 1. The molecule has 12 nitrogen and oxygen atoms in total. The minimum absolute atomic E-state index is 0.362. The van der Waals surface area contributed by atoms with Gasteiger partial charge in [0, 0.05) is 7.05 Å². The molecule has 2 aromatic rings. The van der Waals surface area contributed by atoms with Crippen LogP contribution < -0.4 is 10.6 Å². The Kier molecular flexibility index (Phi) is 6.15. The second kappa shape index (κ2) is 8.20. The van der Waals surface area contributed by atoms with Crippen LogP contribution in [0.15, 0.2) is 23.1 Å². The standard InChI is InChI=1S/C15H14FN7O5S/c1-15(26,13(25)19-14-22-20-11(6-17)21-23-14)7-29(27,28)8-3-4-9(10(16)5-8)12(24)18-2/h3-5,26H,7H2,1-2H3,(H,18,24)(H,19,22,23,25)/t15-/m0/s1. The number of nitrogens with zero attached hydrogens (tertiary/aromatic N) is 5. The summed E-state index contributed by atoms with van der Waals surface area (Å²) in [4.78, 5) is 23.2. The Balaban J connectivity index is 2.20. The zero-order valence-electron chi connectivity index (χ0n) is 15.0. The first-order valence-electron chi connectivity index (χ1n) is 7.76. The van der Waals surface area contributed by atoms with E-state index in [9.17, 15) is 27.5 Å². The summed E-state index contributed by atoms with van der Waals surface area (Å²) >= 11 is 0. The molecule has 0 aliphatic rings. The Morgan fingerprint density at radius 1 is 1.28 bits per heavy atom. The maximum atomic E-state index is 14.0. The second-order valence-electron chi connectivity index (χ2n) is 5.87. The van der Waals surface area contributed by atoms with Gasteiger partial charge in [-0.2, -0.15) is 5.26 Å². The lowest BCUT2D eigenvalue weighted by Crippen LogP contribution is -2.46. The summed E-state index contributed by atoms with van der Waals surface area (Å²) in [6.45, 7) is 0.916. The molecule has 152 valence electrons. The van der Waals surface area contributed by atoms with Gasteiger partial charge < -0.3 is 10.4 Å². The van der Waals surface area contributed by atoms with Gasteiger partial charge in [0.1, 0.15) is 11.9 Å². The molecule has 0 aliphatic carbocycles. The molecular weight excluding hydrogens is 409 g/mol. The molecular formula is C15H14FN7O5S. The SMILES string of the molecule is CNC(=O)c1ccc(S(=O)(=O)C[C@](C)(O)C(=O)Nc2nnc(C#N)nn2)cc1F. The lowest BCUT2D eigenvalue weighted by Gasteiger charge is -2.21. The van der Waals surface area contributed by atoms with Crippen LogP contribution >= 0.6 is 0 Å². The minimum Gasteiger partial charge on any atom is -0.379 e. The number of anilines is 1. The largest absolute Gasteiger partial charge is 0.379 e. The fourth-order valence-electron chi connectivity index (χ4n) is 2.09. The predicted octanol–water partition coefficient (Wildman–Crippen LogP) is -1.20. The molecule has 1 atom stereocenters. The Morgan fingerprint density at radius 3 is 2.41 bits per heavy atom. The van der Waals surface area contributed by atoms with Crippen molar-refractivity contribution in [3.05, 3.63) is 35.4 Å². The number of hydrogen-bond donors (Lipinski definition) is 3. The van der Waals surface area contributed by atoms with Gasteiger partial charge in [-0.1, -0.05) is 0 Å². The molecule has 0 saturated heterocycles. The van der Waals surface area contributed by atoms with Crippen molar-refractivity contribution in [1.82, 2.24) is 25.7 Å². The molecule has 2 amide bonds. The summed E-state index contributed by atoms with van der Waals surface area (Å²) in [7, 11) is -3.05. The van der Waals surface area contributed by atoms with Gasteiger partial charge in [0.15, 0.2) is 15.4 Å². The van der Waals surface area contributed by atoms with Crippen molar-refractivity contribution >= 4 is 27.6 Å². The average molecular weight is 423 g/mol. The van der Waals surface area contributed by atoms with Crippen LogP contribution in [-0.2, 0) is 14.6 Å². The maximum Gasteiger partial charge on any atom is 0.272 e. The van der Waals surface area contributed by atoms with Gasteiger partial charge in [-0.15, -0.1) is 20.4 Å². The van der Waals surface area contributed by atoms with E-state index < -0.39 is 49.7 Å². The van der Waals surface area contributed by atoms with Crippen molar-refractivity contribution in [1.29, 1.82) is 5.26 Å². The lowest BCUT2D eigenvalue weighted by molar-refractivity contribution is -0.130. The minimum atomic E-state index is -4.34. The summed E-state index contributed by atoms with van der Waals surface area (Å²) in [6.07, 6.45) is 0. The zero-order valence-corrected chi connectivity index (χ0v) is 15.9. The van der Waals surface area contributed by atoms with E-state index >= 15 is 0 Å². The Labute approximate surface area is 163 Å². The zero-order chi connectivity index (χ0) is 21.8. The number of carbonyl (C=O) groups excluding carboxylic acids is 2. The van der Waals surface area contributed by atoms with Gasteiger partial charge >= 0.3 is 0 Å². The molecule has 0 aliphatic heterocycles. The van der Waals surface area contributed by atoms with E-state index in [1.165, 1.54) is 7.05 Å². The van der Waals surface area contributed by atoms with Crippen LogP contribution in [0.25, 0.3) is 0 Å². The van der Waals surface area contributed by atoms with E-state index in [1.807, 2.05) is 5.32 Å². The third-order valence-electron chi connectivity index (χ3n) is 3.54. The number of nitrogens with one attached hydrogen (secondary N) is 2. The molecule has 0 bridgehead atoms. The molecule has 1 aromatic heterocycles. The van der Waals surface area contributed by atoms with Crippen LogP contribution in [-0.4, -0.2) is 64.1 Å². The van der Waals surface area contributed by atoms with E-state index in [1.54, 1.807) is 6.07 Å². The summed E-state index contributed by atoms with van der Waals surface area (Å²) in [6, 6.07) is 4.13. The van der Waals surface area contributed by atoms with Crippen molar-refractivity contribution in [2.24, 2.45) is 0 Å². The highest BCUT2D eigenvalue weighted by molar-refractivity contribution is 7.91. The quantitative estimate of drug-likeness (QED) is 0.509. The fraction of sp³-hybridized carbons (Fsp3) is 0.267. The van der Waals surface area contributed by atoms with Gasteiger partial charge in [0.05, 0.1) is 16.2 Å². The summed E-state index contributed by atoms with van der Waals surface area (Å²) in [5.41, 5.74) is -2.83. The number of hydrogen-bond acceptors (Lipinski definition) is 10. The van der Waals surface area contributed by atoms with E-state index in [2.05, 4.69) is 25.7 Å². The number of amides is 2. The van der Waals surface area contributed by atoms with E-state index in [0.29, 0.717) is 6.07 Å². The molecule has 29 heavy (non-hydrogen) atoms. The smallest absolute Gasteiger partial charge is 0.272 e. The van der Waals surface area contributed by atoms with Crippen molar-refractivity contribution in [3.63, 3.8) is 0 Å². The number of nitriles is 1. The van der Waals surface area contributed by atoms with Crippen molar-refractivity contribution in [2.45, 2.75) is 17.4 Å². The van der Waals surface area contributed by atoms with Crippen molar-refractivity contribution in [2.75, 3.05) is 18.1 Å². The van der Waals surface area contributed by atoms with Crippen LogP contribution in [0.2, 0.25) is 0 Å². The molecule has 14 heteroatoms. The number of halogens is 1. The van der Waals surface area contributed by atoms with Gasteiger partial charge in [-0.3, -0.25) is 14.9 Å². The normalized spacial score (nSPS) is 13.1. The van der Waals surface area contributed by atoms with Crippen molar-refractivity contribution in [3.8, 4) is 6.07 Å². The number of benzene rings is 1. The van der Waals surface area contributed by atoms with E-state index in [4.69, 9.17) is 5.26 Å². The van der Waals surface area contributed by atoms with Crippen LogP contribution in [0.3, 0.4) is 0 Å². The lowest BCUT2D eigenvalue weighted by atomic mass is 10.1. The molecule has 0 fully saturated rings. The maximum absolute atomic E-state index is 14.0.